The monoisotopic (exact) mass is 261 g/mol. The first kappa shape index (κ1) is 14.4. The molecule has 0 atom stereocenters. The Morgan fingerprint density at radius 1 is 1.16 bits per heavy atom. The molecule has 0 spiro atoms. The number of hydrogen-bond donors (Lipinski definition) is 2. The Kier molecular flexibility index (Phi) is 5.26. The summed E-state index contributed by atoms with van der Waals surface area (Å²) in [6.45, 7) is 3.44. The van der Waals surface area contributed by atoms with E-state index in [2.05, 4.69) is 36.5 Å². The number of anilines is 1. The van der Waals surface area contributed by atoms with Gasteiger partial charge in [0, 0.05) is 17.6 Å². The van der Waals surface area contributed by atoms with Crippen molar-refractivity contribution in [2.45, 2.75) is 51.9 Å². The molecule has 0 unspecified atom stereocenters. The van der Waals surface area contributed by atoms with Gasteiger partial charge in [0.05, 0.1) is 6.61 Å². The molecule has 0 aromatic heterocycles. The fourth-order valence-electron chi connectivity index (χ4n) is 3.16. The zero-order valence-electron chi connectivity index (χ0n) is 12.1. The van der Waals surface area contributed by atoms with Gasteiger partial charge in [-0.2, -0.15) is 0 Å². The Hall–Kier alpha value is -1.02. The molecule has 19 heavy (non-hydrogen) atoms. The van der Waals surface area contributed by atoms with Gasteiger partial charge in [0.2, 0.25) is 0 Å². The minimum atomic E-state index is 0.109. The predicted molar refractivity (Wildman–Crippen MR) is 81.5 cm³/mol. The quantitative estimate of drug-likeness (QED) is 0.811. The first-order valence-electron chi connectivity index (χ1n) is 7.72. The second kappa shape index (κ2) is 6.95. The van der Waals surface area contributed by atoms with Gasteiger partial charge < -0.3 is 10.4 Å². The van der Waals surface area contributed by atoms with Gasteiger partial charge in [-0.1, -0.05) is 50.8 Å². The highest BCUT2D eigenvalue weighted by Crippen LogP contribution is 2.36. The van der Waals surface area contributed by atoms with Crippen LogP contribution < -0.4 is 5.32 Å². The molecule has 0 aliphatic heterocycles. The maximum atomic E-state index is 9.75. The zero-order chi connectivity index (χ0) is 13.6. The van der Waals surface area contributed by atoms with Crippen molar-refractivity contribution >= 4 is 5.69 Å². The molecule has 0 radical (unpaired) electrons. The van der Waals surface area contributed by atoms with Crippen molar-refractivity contribution < 1.29 is 5.11 Å². The Balaban J connectivity index is 2.00. The van der Waals surface area contributed by atoms with E-state index in [0.717, 1.165) is 25.8 Å². The van der Waals surface area contributed by atoms with Gasteiger partial charge in [0.15, 0.2) is 0 Å². The molecule has 0 saturated heterocycles. The standard InChI is InChI=1S/C17H27NO/c1-2-8-15-9-4-5-10-16(15)18-13-17(14-19)11-6-3-7-12-17/h4-5,9-10,18-19H,2-3,6-8,11-14H2,1H3. The Bertz CT molecular complexity index is 383. The van der Waals surface area contributed by atoms with E-state index in [1.807, 2.05) is 0 Å². The van der Waals surface area contributed by atoms with Crippen LogP contribution in [0.2, 0.25) is 0 Å². The van der Waals surface area contributed by atoms with E-state index < -0.39 is 0 Å². The number of aliphatic hydroxyl groups is 1. The summed E-state index contributed by atoms with van der Waals surface area (Å²) in [5.41, 5.74) is 2.76. The highest BCUT2D eigenvalue weighted by Gasteiger charge is 2.31. The van der Waals surface area contributed by atoms with Gasteiger partial charge in [-0.25, -0.2) is 0 Å². The molecule has 1 aromatic carbocycles. The molecule has 1 aliphatic carbocycles. The van der Waals surface area contributed by atoms with Crippen LogP contribution >= 0.6 is 0 Å². The van der Waals surface area contributed by atoms with Gasteiger partial charge in [0.25, 0.3) is 0 Å². The van der Waals surface area contributed by atoms with Crippen LogP contribution in [0.25, 0.3) is 0 Å². The second-order valence-corrected chi connectivity index (χ2v) is 5.98. The third-order valence-corrected chi connectivity index (χ3v) is 4.44. The normalized spacial score (nSPS) is 18.2. The first-order valence-corrected chi connectivity index (χ1v) is 7.72. The largest absolute Gasteiger partial charge is 0.396 e. The third-order valence-electron chi connectivity index (χ3n) is 4.44. The van der Waals surface area contributed by atoms with E-state index in [1.165, 1.54) is 36.9 Å². The molecule has 0 bridgehead atoms. The van der Waals surface area contributed by atoms with Gasteiger partial charge in [-0.3, -0.25) is 0 Å². The predicted octanol–water partition coefficient (Wildman–Crippen LogP) is 3.99. The second-order valence-electron chi connectivity index (χ2n) is 5.98. The SMILES string of the molecule is CCCc1ccccc1NCC1(CO)CCCCC1. The lowest BCUT2D eigenvalue weighted by Gasteiger charge is -2.36. The average molecular weight is 261 g/mol. The van der Waals surface area contributed by atoms with Crippen molar-refractivity contribution in [3.05, 3.63) is 29.8 Å². The minimum Gasteiger partial charge on any atom is -0.396 e. The zero-order valence-corrected chi connectivity index (χ0v) is 12.1. The van der Waals surface area contributed by atoms with Crippen molar-refractivity contribution in [1.29, 1.82) is 0 Å². The van der Waals surface area contributed by atoms with Crippen molar-refractivity contribution in [1.82, 2.24) is 0 Å². The van der Waals surface area contributed by atoms with E-state index in [1.54, 1.807) is 0 Å². The summed E-state index contributed by atoms with van der Waals surface area (Å²) in [5, 5.41) is 13.4. The maximum Gasteiger partial charge on any atom is 0.0504 e. The number of aliphatic hydroxyl groups excluding tert-OH is 1. The van der Waals surface area contributed by atoms with E-state index in [4.69, 9.17) is 0 Å². The highest BCUT2D eigenvalue weighted by molar-refractivity contribution is 5.51. The minimum absolute atomic E-state index is 0.109. The number of para-hydroxylation sites is 1. The highest BCUT2D eigenvalue weighted by atomic mass is 16.3. The molecule has 0 heterocycles. The van der Waals surface area contributed by atoms with Crippen LogP contribution in [-0.4, -0.2) is 18.3 Å². The Morgan fingerprint density at radius 3 is 2.58 bits per heavy atom. The van der Waals surface area contributed by atoms with Crippen molar-refractivity contribution in [3.8, 4) is 0 Å². The Labute approximate surface area is 117 Å². The molecule has 1 aromatic rings. The van der Waals surface area contributed by atoms with Crippen LogP contribution in [0.1, 0.15) is 51.0 Å². The number of benzene rings is 1. The Morgan fingerprint density at radius 2 is 1.89 bits per heavy atom. The van der Waals surface area contributed by atoms with Crippen LogP contribution in [0.3, 0.4) is 0 Å². The first-order chi connectivity index (χ1) is 9.29. The molecule has 2 N–H and O–H groups in total. The van der Waals surface area contributed by atoms with Crippen molar-refractivity contribution in [3.63, 3.8) is 0 Å². The summed E-state index contributed by atoms with van der Waals surface area (Å²) in [6, 6.07) is 8.57. The number of aryl methyl sites for hydroxylation is 1. The van der Waals surface area contributed by atoms with Gasteiger partial charge in [-0.15, -0.1) is 0 Å². The maximum absolute atomic E-state index is 9.75. The van der Waals surface area contributed by atoms with Crippen LogP contribution in [0.4, 0.5) is 5.69 Å². The molecule has 2 heteroatoms. The van der Waals surface area contributed by atoms with Gasteiger partial charge in [-0.05, 0) is 30.9 Å². The lowest BCUT2D eigenvalue weighted by atomic mass is 9.74. The van der Waals surface area contributed by atoms with Crippen molar-refractivity contribution in [2.24, 2.45) is 5.41 Å². The van der Waals surface area contributed by atoms with Gasteiger partial charge in [0.1, 0.15) is 0 Å². The van der Waals surface area contributed by atoms with Crippen LogP contribution in [0.5, 0.6) is 0 Å². The molecule has 0 amide bonds. The summed E-state index contributed by atoms with van der Waals surface area (Å²) in [4.78, 5) is 0. The summed E-state index contributed by atoms with van der Waals surface area (Å²) in [7, 11) is 0. The molecule has 1 saturated carbocycles. The summed E-state index contributed by atoms with van der Waals surface area (Å²) < 4.78 is 0. The molecule has 1 fully saturated rings. The lowest BCUT2D eigenvalue weighted by molar-refractivity contribution is 0.0944. The van der Waals surface area contributed by atoms with Crippen LogP contribution in [-0.2, 0) is 6.42 Å². The number of hydrogen-bond acceptors (Lipinski definition) is 2. The lowest BCUT2D eigenvalue weighted by Crippen LogP contribution is -2.35. The summed E-state index contributed by atoms with van der Waals surface area (Å²) in [5.74, 6) is 0. The number of rotatable bonds is 6. The molecular weight excluding hydrogens is 234 g/mol. The van der Waals surface area contributed by atoms with Crippen LogP contribution in [0, 0.1) is 5.41 Å². The van der Waals surface area contributed by atoms with E-state index in [0.29, 0.717) is 6.61 Å². The molecule has 106 valence electrons. The van der Waals surface area contributed by atoms with E-state index in [9.17, 15) is 5.11 Å². The van der Waals surface area contributed by atoms with Crippen molar-refractivity contribution in [2.75, 3.05) is 18.5 Å². The molecular formula is C17H27NO. The summed E-state index contributed by atoms with van der Waals surface area (Å²) >= 11 is 0. The van der Waals surface area contributed by atoms with E-state index in [-0.39, 0.29) is 5.41 Å². The fourth-order valence-corrected chi connectivity index (χ4v) is 3.16. The van der Waals surface area contributed by atoms with E-state index >= 15 is 0 Å². The third kappa shape index (κ3) is 3.73. The summed E-state index contributed by atoms with van der Waals surface area (Å²) in [6.07, 6.45) is 8.46. The smallest absolute Gasteiger partial charge is 0.0504 e. The molecule has 2 nitrogen and oxygen atoms in total. The fraction of sp³-hybridized carbons (Fsp3) is 0.647. The topological polar surface area (TPSA) is 32.3 Å². The number of nitrogens with one attached hydrogen (secondary N) is 1. The van der Waals surface area contributed by atoms with Crippen LogP contribution in [0.15, 0.2) is 24.3 Å². The van der Waals surface area contributed by atoms with Gasteiger partial charge >= 0.3 is 0 Å². The molecule has 2 rings (SSSR count). The average Bonchev–Trinajstić information content (AvgIpc) is 2.48. The molecule has 1 aliphatic rings.